The molecule has 38 heavy (non-hydrogen) atoms. The largest absolute Gasteiger partial charge is 0.507 e. The van der Waals surface area contributed by atoms with Gasteiger partial charge in [-0.3, -0.25) is 4.79 Å². The Balaban J connectivity index is 1.74. The van der Waals surface area contributed by atoms with Gasteiger partial charge in [-0.05, 0) is 12.1 Å². The fourth-order valence-electron chi connectivity index (χ4n) is 4.45. The Morgan fingerprint density at radius 1 is 0.947 bits per heavy atom. The zero-order chi connectivity index (χ0) is 27.7. The number of methoxy groups -OCH3 is 4. The first-order valence-electron chi connectivity index (χ1n) is 11.5. The minimum Gasteiger partial charge on any atom is -0.507 e. The molecule has 4 rings (SSSR count). The number of aromatic hydroxyl groups is 1. The summed E-state index contributed by atoms with van der Waals surface area (Å²) >= 11 is 0. The number of ether oxygens (including phenoxy) is 7. The number of aliphatic hydroxyl groups is 3. The van der Waals surface area contributed by atoms with Crippen LogP contribution in [-0.4, -0.2) is 91.3 Å². The van der Waals surface area contributed by atoms with E-state index in [0.717, 1.165) is 7.11 Å². The topological polar surface area (TPSA) is 180 Å². The van der Waals surface area contributed by atoms with Gasteiger partial charge in [0.2, 0.25) is 12.0 Å². The van der Waals surface area contributed by atoms with Crippen molar-refractivity contribution in [3.05, 3.63) is 35.4 Å². The number of ketones is 1. The Kier molecular flexibility index (Phi) is 7.83. The molecule has 206 valence electrons. The SMILES string of the molecule is COC(=O)[C@H]1O[C@@H](Oc2cccc(OC)c2[C@@H]2CC(=O)c3c(O)cc(OC)c(OC)c3O2)[C@H](O)[C@@H](O)[C@@H]1O. The van der Waals surface area contributed by atoms with Gasteiger partial charge >= 0.3 is 5.97 Å². The normalized spacial score (nSPS) is 26.6. The first-order chi connectivity index (χ1) is 18.2. The second kappa shape index (κ2) is 10.9. The highest BCUT2D eigenvalue weighted by Crippen LogP contribution is 2.52. The van der Waals surface area contributed by atoms with Crippen molar-refractivity contribution in [1.29, 1.82) is 0 Å². The van der Waals surface area contributed by atoms with E-state index in [9.17, 15) is 30.0 Å². The molecule has 1 saturated heterocycles. The van der Waals surface area contributed by atoms with E-state index in [-0.39, 0.29) is 52.0 Å². The predicted octanol–water partition coefficient (Wildman–Crippen LogP) is 0.484. The van der Waals surface area contributed by atoms with Crippen LogP contribution in [0, 0.1) is 0 Å². The third-order valence-corrected chi connectivity index (χ3v) is 6.33. The lowest BCUT2D eigenvalue weighted by molar-refractivity contribution is -0.272. The summed E-state index contributed by atoms with van der Waals surface area (Å²) in [5.41, 5.74) is 0.143. The molecule has 2 aliphatic heterocycles. The highest BCUT2D eigenvalue weighted by atomic mass is 16.7. The summed E-state index contributed by atoms with van der Waals surface area (Å²) in [7, 11) is 5.17. The van der Waals surface area contributed by atoms with Crippen LogP contribution in [0.4, 0.5) is 0 Å². The molecule has 0 amide bonds. The van der Waals surface area contributed by atoms with Crippen molar-refractivity contribution in [1.82, 2.24) is 0 Å². The molecular weight excluding hydrogens is 508 g/mol. The number of aliphatic hydroxyl groups excluding tert-OH is 3. The molecule has 0 aliphatic carbocycles. The second-order valence-electron chi connectivity index (χ2n) is 8.48. The van der Waals surface area contributed by atoms with Gasteiger partial charge in [-0.2, -0.15) is 0 Å². The van der Waals surface area contributed by atoms with Gasteiger partial charge in [-0.15, -0.1) is 0 Å². The average Bonchev–Trinajstić information content (AvgIpc) is 2.92. The quantitative estimate of drug-likeness (QED) is 0.359. The standard InChI is InChI=1S/C25H28O13/c1-32-12-6-5-7-13(37-25-20(30)18(28)19(29)23(38-25)24(31)35-4)17(12)14-8-10(26)16-11(27)9-15(33-2)21(34-3)22(16)36-14/h5-7,9,14,18-20,23,25,27-30H,8H2,1-4H3/t14-,18-,19-,20+,23-,25+/m0/s1. The van der Waals surface area contributed by atoms with Crippen molar-refractivity contribution >= 4 is 11.8 Å². The van der Waals surface area contributed by atoms with E-state index in [4.69, 9.17) is 28.4 Å². The van der Waals surface area contributed by atoms with Gasteiger partial charge in [0.15, 0.2) is 23.4 Å². The Morgan fingerprint density at radius 2 is 1.63 bits per heavy atom. The zero-order valence-corrected chi connectivity index (χ0v) is 20.9. The first-order valence-corrected chi connectivity index (χ1v) is 11.5. The molecular formula is C25H28O13. The molecule has 0 radical (unpaired) electrons. The van der Waals surface area contributed by atoms with E-state index in [2.05, 4.69) is 4.74 Å². The average molecular weight is 536 g/mol. The highest BCUT2D eigenvalue weighted by molar-refractivity contribution is 6.04. The van der Waals surface area contributed by atoms with Crippen LogP contribution in [0.3, 0.4) is 0 Å². The number of Topliss-reactive ketones (excluding diaryl/α,β-unsaturated/α-hetero) is 1. The maximum Gasteiger partial charge on any atom is 0.337 e. The van der Waals surface area contributed by atoms with E-state index in [1.54, 1.807) is 12.1 Å². The lowest BCUT2D eigenvalue weighted by Gasteiger charge is -2.39. The molecule has 0 spiro atoms. The van der Waals surface area contributed by atoms with E-state index in [1.165, 1.54) is 33.5 Å². The Bertz CT molecular complexity index is 1210. The Morgan fingerprint density at radius 3 is 2.26 bits per heavy atom. The van der Waals surface area contributed by atoms with Crippen molar-refractivity contribution in [2.75, 3.05) is 28.4 Å². The lowest BCUT2D eigenvalue weighted by atomic mass is 9.93. The highest BCUT2D eigenvalue weighted by Gasteiger charge is 2.49. The zero-order valence-electron chi connectivity index (χ0n) is 20.9. The molecule has 0 aromatic heterocycles. The van der Waals surface area contributed by atoms with Gasteiger partial charge in [-0.25, -0.2) is 4.79 Å². The molecule has 2 aliphatic rings. The minimum atomic E-state index is -1.80. The van der Waals surface area contributed by atoms with Crippen LogP contribution in [0.5, 0.6) is 34.5 Å². The molecule has 2 heterocycles. The lowest BCUT2D eigenvalue weighted by Crippen LogP contribution is -2.61. The van der Waals surface area contributed by atoms with Crippen molar-refractivity contribution in [2.24, 2.45) is 0 Å². The van der Waals surface area contributed by atoms with Crippen molar-refractivity contribution < 1.29 is 63.2 Å². The summed E-state index contributed by atoms with van der Waals surface area (Å²) < 4.78 is 38.1. The molecule has 13 heteroatoms. The Hall–Kier alpha value is -3.78. The number of carbonyl (C=O) groups excluding carboxylic acids is 2. The minimum absolute atomic E-state index is 0.0212. The van der Waals surface area contributed by atoms with Gasteiger partial charge < -0.3 is 53.6 Å². The summed E-state index contributed by atoms with van der Waals surface area (Å²) in [6, 6.07) is 5.86. The van der Waals surface area contributed by atoms with E-state index in [0.29, 0.717) is 0 Å². The third kappa shape index (κ3) is 4.65. The number of phenolic OH excluding ortho intramolecular Hbond substituents is 1. The fourth-order valence-corrected chi connectivity index (χ4v) is 4.45. The molecule has 1 fully saturated rings. The van der Waals surface area contributed by atoms with Crippen LogP contribution in [0.25, 0.3) is 0 Å². The van der Waals surface area contributed by atoms with E-state index >= 15 is 0 Å². The van der Waals surface area contributed by atoms with E-state index in [1.807, 2.05) is 0 Å². The monoisotopic (exact) mass is 536 g/mol. The van der Waals surface area contributed by atoms with Gasteiger partial charge in [0.1, 0.15) is 47.2 Å². The predicted molar refractivity (Wildman–Crippen MR) is 126 cm³/mol. The molecule has 0 saturated carbocycles. The van der Waals surface area contributed by atoms with E-state index < -0.39 is 48.6 Å². The van der Waals surface area contributed by atoms with Crippen LogP contribution in [0.2, 0.25) is 0 Å². The number of fused-ring (bicyclic) bond motifs is 1. The number of esters is 1. The molecule has 6 atom stereocenters. The number of phenols is 1. The van der Waals surface area contributed by atoms with Crippen LogP contribution in [0.15, 0.2) is 24.3 Å². The Labute approximate surface area is 217 Å². The van der Waals surface area contributed by atoms with Crippen LogP contribution in [-0.2, 0) is 14.3 Å². The third-order valence-electron chi connectivity index (χ3n) is 6.33. The fraction of sp³-hybridized carbons (Fsp3) is 0.440. The van der Waals surface area contributed by atoms with Gasteiger partial charge in [-0.1, -0.05) is 6.07 Å². The first kappa shape index (κ1) is 27.3. The smallest absolute Gasteiger partial charge is 0.337 e. The number of rotatable bonds is 7. The van der Waals surface area contributed by atoms with Crippen LogP contribution < -0.4 is 23.7 Å². The number of hydrogen-bond donors (Lipinski definition) is 4. The van der Waals surface area contributed by atoms with Gasteiger partial charge in [0.05, 0.1) is 40.4 Å². The van der Waals surface area contributed by atoms with Crippen molar-refractivity contribution in [2.45, 2.75) is 43.2 Å². The molecule has 0 unspecified atom stereocenters. The van der Waals surface area contributed by atoms with Gasteiger partial charge in [0.25, 0.3) is 0 Å². The summed E-state index contributed by atoms with van der Waals surface area (Å²) in [6.45, 7) is 0. The summed E-state index contributed by atoms with van der Waals surface area (Å²) in [5, 5.41) is 41.4. The molecule has 0 bridgehead atoms. The summed E-state index contributed by atoms with van der Waals surface area (Å²) in [6.07, 6.45) is -9.88. The van der Waals surface area contributed by atoms with Crippen molar-refractivity contribution in [3.63, 3.8) is 0 Å². The van der Waals surface area contributed by atoms with Crippen molar-refractivity contribution in [3.8, 4) is 34.5 Å². The van der Waals surface area contributed by atoms with Crippen LogP contribution >= 0.6 is 0 Å². The second-order valence-corrected chi connectivity index (χ2v) is 8.48. The molecule has 4 N–H and O–H groups in total. The molecule has 13 nitrogen and oxygen atoms in total. The van der Waals surface area contributed by atoms with Gasteiger partial charge in [0, 0.05) is 6.07 Å². The van der Waals surface area contributed by atoms with Crippen LogP contribution in [0.1, 0.15) is 28.4 Å². The molecule has 2 aromatic carbocycles. The maximum absolute atomic E-state index is 13.1. The number of carbonyl (C=O) groups is 2. The number of hydrogen-bond acceptors (Lipinski definition) is 13. The molecule has 2 aromatic rings. The summed E-state index contributed by atoms with van der Waals surface area (Å²) in [4.78, 5) is 25.2. The maximum atomic E-state index is 13.1. The summed E-state index contributed by atoms with van der Waals surface area (Å²) in [5.74, 6) is -1.38. The number of benzene rings is 2.